The number of nitrogens with one attached hydrogen (secondary N) is 1. The molecule has 0 aliphatic heterocycles. The number of hydrogen-bond donors (Lipinski definition) is 1. The lowest BCUT2D eigenvalue weighted by atomic mass is 10.1. The summed E-state index contributed by atoms with van der Waals surface area (Å²) < 4.78 is 2.20. The summed E-state index contributed by atoms with van der Waals surface area (Å²) in [6, 6.07) is 10.1. The third-order valence-electron chi connectivity index (χ3n) is 2.93. The van der Waals surface area contributed by atoms with Gasteiger partial charge in [-0.05, 0) is 60.9 Å². The van der Waals surface area contributed by atoms with Crippen molar-refractivity contribution in [2.75, 3.05) is 5.32 Å². The van der Waals surface area contributed by atoms with Gasteiger partial charge in [0.2, 0.25) is 0 Å². The second-order valence-electron chi connectivity index (χ2n) is 4.51. The standard InChI is InChI=1S/C15H14Br2ClN/c1-9-5-13(6-10(2)15(9)17)19-8-11-7-12(16)3-4-14(11)18/h3-7,19H,8H2,1-2H3. The third kappa shape index (κ3) is 3.74. The molecule has 0 bridgehead atoms. The molecule has 0 fully saturated rings. The average molecular weight is 404 g/mol. The molecule has 0 atom stereocenters. The molecule has 0 aliphatic carbocycles. The molecule has 0 radical (unpaired) electrons. The van der Waals surface area contributed by atoms with E-state index < -0.39 is 0 Å². The molecule has 4 heteroatoms. The lowest BCUT2D eigenvalue weighted by Gasteiger charge is -2.12. The van der Waals surface area contributed by atoms with Gasteiger partial charge < -0.3 is 5.32 Å². The molecule has 2 aromatic rings. The van der Waals surface area contributed by atoms with E-state index in [0.717, 1.165) is 20.7 Å². The Morgan fingerprint density at radius 3 is 2.32 bits per heavy atom. The summed E-state index contributed by atoms with van der Waals surface area (Å²) in [5.41, 5.74) is 4.63. The monoisotopic (exact) mass is 401 g/mol. The molecule has 0 aliphatic rings. The maximum absolute atomic E-state index is 6.18. The van der Waals surface area contributed by atoms with E-state index in [1.807, 2.05) is 18.2 Å². The molecule has 1 N–H and O–H groups in total. The molecular formula is C15H14Br2ClN. The summed E-state index contributed by atoms with van der Waals surface area (Å²) in [6.45, 7) is 4.89. The Labute approximate surface area is 135 Å². The number of halogens is 3. The largest absolute Gasteiger partial charge is 0.381 e. The van der Waals surface area contributed by atoms with Crippen LogP contribution in [0.1, 0.15) is 16.7 Å². The fraction of sp³-hybridized carbons (Fsp3) is 0.200. The van der Waals surface area contributed by atoms with Crippen LogP contribution in [-0.4, -0.2) is 0 Å². The predicted octanol–water partition coefficient (Wildman–Crippen LogP) is 6.09. The molecule has 1 nitrogen and oxygen atoms in total. The van der Waals surface area contributed by atoms with Crippen LogP contribution in [0.4, 0.5) is 5.69 Å². The maximum atomic E-state index is 6.18. The van der Waals surface area contributed by atoms with E-state index in [1.165, 1.54) is 15.6 Å². The first kappa shape index (κ1) is 14.9. The van der Waals surface area contributed by atoms with E-state index in [9.17, 15) is 0 Å². The predicted molar refractivity (Wildman–Crippen MR) is 90.1 cm³/mol. The molecule has 0 saturated heterocycles. The SMILES string of the molecule is Cc1cc(NCc2cc(Br)ccc2Cl)cc(C)c1Br. The second kappa shape index (κ2) is 6.29. The molecule has 0 heterocycles. The summed E-state index contributed by atoms with van der Waals surface area (Å²) in [5, 5.41) is 4.19. The minimum atomic E-state index is 0.707. The zero-order valence-electron chi connectivity index (χ0n) is 10.7. The Balaban J connectivity index is 2.17. The summed E-state index contributed by atoms with van der Waals surface area (Å²) >= 11 is 13.2. The van der Waals surface area contributed by atoms with Gasteiger partial charge in [-0.3, -0.25) is 0 Å². The Kier molecular flexibility index (Phi) is 4.93. The lowest BCUT2D eigenvalue weighted by molar-refractivity contribution is 1.14. The highest BCUT2D eigenvalue weighted by molar-refractivity contribution is 9.10. The van der Waals surface area contributed by atoms with Crippen molar-refractivity contribution < 1.29 is 0 Å². The van der Waals surface area contributed by atoms with Crippen molar-refractivity contribution in [3.8, 4) is 0 Å². The minimum Gasteiger partial charge on any atom is -0.381 e. The van der Waals surface area contributed by atoms with Crippen LogP contribution in [0.3, 0.4) is 0 Å². The molecule has 100 valence electrons. The molecule has 2 aromatic carbocycles. The van der Waals surface area contributed by atoms with Gasteiger partial charge in [0.15, 0.2) is 0 Å². The molecule has 0 amide bonds. The molecule has 0 saturated carbocycles. The van der Waals surface area contributed by atoms with Gasteiger partial charge in [-0.1, -0.05) is 43.5 Å². The van der Waals surface area contributed by atoms with E-state index in [4.69, 9.17) is 11.6 Å². The molecule has 2 rings (SSSR count). The van der Waals surface area contributed by atoms with Gasteiger partial charge in [0.1, 0.15) is 0 Å². The highest BCUT2D eigenvalue weighted by Crippen LogP contribution is 2.26. The van der Waals surface area contributed by atoms with E-state index in [0.29, 0.717) is 6.54 Å². The van der Waals surface area contributed by atoms with Crippen LogP contribution in [0.2, 0.25) is 5.02 Å². The average Bonchev–Trinajstić information content (AvgIpc) is 2.37. The quantitative estimate of drug-likeness (QED) is 0.653. The van der Waals surface area contributed by atoms with Crippen LogP contribution >= 0.6 is 43.5 Å². The van der Waals surface area contributed by atoms with Crippen molar-refractivity contribution in [1.82, 2.24) is 0 Å². The Hall–Kier alpha value is -0.510. The molecular weight excluding hydrogens is 389 g/mol. The van der Waals surface area contributed by atoms with Crippen molar-refractivity contribution in [1.29, 1.82) is 0 Å². The number of hydrogen-bond acceptors (Lipinski definition) is 1. The molecule has 0 aromatic heterocycles. The van der Waals surface area contributed by atoms with Gasteiger partial charge in [-0.25, -0.2) is 0 Å². The van der Waals surface area contributed by atoms with Crippen molar-refractivity contribution in [2.24, 2.45) is 0 Å². The van der Waals surface area contributed by atoms with Gasteiger partial charge in [0.05, 0.1) is 0 Å². The number of anilines is 1. The summed E-state index contributed by atoms with van der Waals surface area (Å²) in [6.07, 6.45) is 0. The fourth-order valence-electron chi connectivity index (χ4n) is 1.92. The van der Waals surface area contributed by atoms with Crippen LogP contribution in [0.15, 0.2) is 39.3 Å². The zero-order valence-corrected chi connectivity index (χ0v) is 14.7. The van der Waals surface area contributed by atoms with Crippen molar-refractivity contribution in [3.63, 3.8) is 0 Å². The van der Waals surface area contributed by atoms with Crippen LogP contribution in [0, 0.1) is 13.8 Å². The number of aryl methyl sites for hydroxylation is 2. The van der Waals surface area contributed by atoms with Crippen LogP contribution in [0.5, 0.6) is 0 Å². The molecule has 0 unspecified atom stereocenters. The Bertz CT molecular complexity index is 588. The smallest absolute Gasteiger partial charge is 0.0456 e. The Morgan fingerprint density at radius 1 is 1.05 bits per heavy atom. The normalized spacial score (nSPS) is 10.6. The fourth-order valence-corrected chi connectivity index (χ4v) is 2.75. The first-order valence-corrected chi connectivity index (χ1v) is 7.88. The van der Waals surface area contributed by atoms with Gasteiger partial charge in [0, 0.05) is 26.2 Å². The van der Waals surface area contributed by atoms with Gasteiger partial charge >= 0.3 is 0 Å². The first-order valence-electron chi connectivity index (χ1n) is 5.92. The molecule has 19 heavy (non-hydrogen) atoms. The van der Waals surface area contributed by atoms with Crippen molar-refractivity contribution in [3.05, 3.63) is 61.0 Å². The maximum Gasteiger partial charge on any atom is 0.0456 e. The minimum absolute atomic E-state index is 0.707. The van der Waals surface area contributed by atoms with Gasteiger partial charge in [0.25, 0.3) is 0 Å². The summed E-state index contributed by atoms with van der Waals surface area (Å²) in [7, 11) is 0. The van der Waals surface area contributed by atoms with E-state index >= 15 is 0 Å². The van der Waals surface area contributed by atoms with Crippen LogP contribution < -0.4 is 5.32 Å². The van der Waals surface area contributed by atoms with E-state index in [-0.39, 0.29) is 0 Å². The number of rotatable bonds is 3. The zero-order chi connectivity index (χ0) is 14.0. The van der Waals surface area contributed by atoms with Gasteiger partial charge in [-0.2, -0.15) is 0 Å². The second-order valence-corrected chi connectivity index (χ2v) is 6.63. The first-order chi connectivity index (χ1) is 8.97. The van der Waals surface area contributed by atoms with Crippen LogP contribution in [0.25, 0.3) is 0 Å². The highest BCUT2D eigenvalue weighted by atomic mass is 79.9. The van der Waals surface area contributed by atoms with E-state index in [2.05, 4.69) is 63.2 Å². The van der Waals surface area contributed by atoms with Crippen molar-refractivity contribution >= 4 is 49.1 Å². The van der Waals surface area contributed by atoms with Crippen molar-refractivity contribution in [2.45, 2.75) is 20.4 Å². The highest BCUT2D eigenvalue weighted by Gasteiger charge is 2.04. The molecule has 0 spiro atoms. The topological polar surface area (TPSA) is 12.0 Å². The number of benzene rings is 2. The van der Waals surface area contributed by atoms with E-state index in [1.54, 1.807) is 0 Å². The third-order valence-corrected chi connectivity index (χ3v) is 5.04. The van der Waals surface area contributed by atoms with Gasteiger partial charge in [-0.15, -0.1) is 0 Å². The Morgan fingerprint density at radius 2 is 1.68 bits per heavy atom. The van der Waals surface area contributed by atoms with Crippen LogP contribution in [-0.2, 0) is 6.54 Å². The summed E-state index contributed by atoms with van der Waals surface area (Å²) in [4.78, 5) is 0. The summed E-state index contributed by atoms with van der Waals surface area (Å²) in [5.74, 6) is 0. The lowest BCUT2D eigenvalue weighted by Crippen LogP contribution is -2.01.